The van der Waals surface area contributed by atoms with E-state index in [0.717, 1.165) is 25.9 Å². The average molecular weight is 269 g/mol. The largest absolute Gasteiger partial charge is 0.306 e. The third-order valence-corrected chi connectivity index (χ3v) is 3.66. The van der Waals surface area contributed by atoms with Gasteiger partial charge in [0.25, 0.3) is 0 Å². The van der Waals surface area contributed by atoms with Crippen molar-refractivity contribution in [3.05, 3.63) is 48.0 Å². The van der Waals surface area contributed by atoms with E-state index in [1.807, 2.05) is 0 Å². The summed E-state index contributed by atoms with van der Waals surface area (Å²) in [5.74, 6) is 0.285. The maximum absolute atomic E-state index is 10.9. The first-order valence-corrected chi connectivity index (χ1v) is 7.31. The van der Waals surface area contributed by atoms with Crippen molar-refractivity contribution in [2.24, 2.45) is 0 Å². The number of Topliss-reactive ketones (excluding diaryl/α,β-unsaturated/α-hetero) is 1. The van der Waals surface area contributed by atoms with Gasteiger partial charge in [0.05, 0.1) is 0 Å². The van der Waals surface area contributed by atoms with Gasteiger partial charge in [0.1, 0.15) is 5.78 Å². The molecule has 2 rings (SSSR count). The van der Waals surface area contributed by atoms with Crippen molar-refractivity contribution in [3.63, 3.8) is 0 Å². The van der Waals surface area contributed by atoms with Gasteiger partial charge in [-0.05, 0) is 49.7 Å². The first-order chi connectivity index (χ1) is 9.65. The van der Waals surface area contributed by atoms with Crippen molar-refractivity contribution >= 4 is 16.6 Å². The number of rotatable bonds is 7. The lowest BCUT2D eigenvalue weighted by atomic mass is 10.1. The number of ketones is 1. The fourth-order valence-electron chi connectivity index (χ4n) is 2.42. The van der Waals surface area contributed by atoms with Crippen LogP contribution in [0.2, 0.25) is 0 Å². The molecular formula is C18H23NO. The summed E-state index contributed by atoms with van der Waals surface area (Å²) < 4.78 is 0. The Morgan fingerprint density at radius 3 is 2.55 bits per heavy atom. The molecule has 2 nitrogen and oxygen atoms in total. The van der Waals surface area contributed by atoms with Crippen LogP contribution in [0.3, 0.4) is 0 Å². The van der Waals surface area contributed by atoms with E-state index in [4.69, 9.17) is 0 Å². The molecule has 0 N–H and O–H groups in total. The summed E-state index contributed by atoms with van der Waals surface area (Å²) in [5.41, 5.74) is 1.38. The van der Waals surface area contributed by atoms with Crippen LogP contribution in [0.25, 0.3) is 10.8 Å². The summed E-state index contributed by atoms with van der Waals surface area (Å²) in [6, 6.07) is 15.2. The highest BCUT2D eigenvalue weighted by molar-refractivity contribution is 5.82. The van der Waals surface area contributed by atoms with Gasteiger partial charge in [-0.1, -0.05) is 42.5 Å². The molecular weight excluding hydrogens is 246 g/mol. The number of benzene rings is 2. The topological polar surface area (TPSA) is 20.3 Å². The second kappa shape index (κ2) is 7.20. The van der Waals surface area contributed by atoms with Gasteiger partial charge >= 0.3 is 0 Å². The number of hydrogen-bond donors (Lipinski definition) is 0. The Bertz CT molecular complexity index is 576. The van der Waals surface area contributed by atoms with E-state index in [2.05, 4.69) is 54.4 Å². The van der Waals surface area contributed by atoms with Gasteiger partial charge in [-0.25, -0.2) is 0 Å². The molecule has 0 saturated carbocycles. The van der Waals surface area contributed by atoms with Gasteiger partial charge in [-0.15, -0.1) is 0 Å². The van der Waals surface area contributed by atoms with Gasteiger partial charge < -0.3 is 9.69 Å². The first kappa shape index (κ1) is 14.7. The molecule has 0 radical (unpaired) electrons. The van der Waals surface area contributed by atoms with Crippen molar-refractivity contribution in [1.82, 2.24) is 4.90 Å². The molecule has 0 bridgehead atoms. The van der Waals surface area contributed by atoms with Crippen LogP contribution in [0, 0.1) is 0 Å². The van der Waals surface area contributed by atoms with Gasteiger partial charge in [-0.2, -0.15) is 0 Å². The Hall–Kier alpha value is -1.67. The molecule has 0 saturated heterocycles. The quantitative estimate of drug-likeness (QED) is 0.764. The Kier molecular flexibility index (Phi) is 5.31. The Morgan fingerprint density at radius 2 is 1.80 bits per heavy atom. The van der Waals surface area contributed by atoms with E-state index in [1.54, 1.807) is 6.92 Å². The van der Waals surface area contributed by atoms with E-state index >= 15 is 0 Å². The highest BCUT2D eigenvalue weighted by Gasteiger charge is 2.02. The summed E-state index contributed by atoms with van der Waals surface area (Å²) in [6.07, 6.45) is 2.71. The zero-order valence-electron chi connectivity index (χ0n) is 12.4. The molecule has 0 atom stereocenters. The highest BCUT2D eigenvalue weighted by atomic mass is 16.1. The number of nitrogens with zero attached hydrogens (tertiary/aromatic N) is 1. The number of carbonyl (C=O) groups is 1. The summed E-state index contributed by atoms with van der Waals surface area (Å²) in [4.78, 5) is 13.2. The lowest BCUT2D eigenvalue weighted by molar-refractivity contribution is -0.117. The van der Waals surface area contributed by atoms with Crippen LogP contribution in [0.15, 0.2) is 42.5 Å². The number of carbonyl (C=O) groups excluding carboxylic acids is 1. The van der Waals surface area contributed by atoms with E-state index in [0.29, 0.717) is 6.42 Å². The maximum Gasteiger partial charge on any atom is 0.129 e. The van der Waals surface area contributed by atoms with Crippen molar-refractivity contribution in [3.8, 4) is 0 Å². The minimum absolute atomic E-state index is 0.285. The molecule has 106 valence electrons. The van der Waals surface area contributed by atoms with E-state index in [1.165, 1.54) is 16.3 Å². The van der Waals surface area contributed by atoms with Crippen LogP contribution < -0.4 is 0 Å². The molecule has 0 heterocycles. The smallest absolute Gasteiger partial charge is 0.129 e. The Balaban J connectivity index is 1.84. The normalized spacial score (nSPS) is 11.2. The molecule has 20 heavy (non-hydrogen) atoms. The van der Waals surface area contributed by atoms with Crippen molar-refractivity contribution < 1.29 is 4.79 Å². The van der Waals surface area contributed by atoms with Crippen LogP contribution in [-0.4, -0.2) is 30.8 Å². The lowest BCUT2D eigenvalue weighted by Gasteiger charge is -2.16. The third-order valence-electron chi connectivity index (χ3n) is 3.66. The molecule has 2 heteroatoms. The summed E-state index contributed by atoms with van der Waals surface area (Å²) in [5, 5.41) is 2.61. The zero-order chi connectivity index (χ0) is 14.4. The molecule has 0 spiro atoms. The minimum atomic E-state index is 0.285. The lowest BCUT2D eigenvalue weighted by Crippen LogP contribution is -2.22. The molecule has 0 fully saturated rings. The van der Waals surface area contributed by atoms with Gasteiger partial charge in [0.2, 0.25) is 0 Å². The molecule has 2 aromatic rings. The summed E-state index contributed by atoms with van der Waals surface area (Å²) >= 11 is 0. The zero-order valence-corrected chi connectivity index (χ0v) is 12.4. The predicted molar refractivity (Wildman–Crippen MR) is 85.1 cm³/mol. The average Bonchev–Trinajstić information content (AvgIpc) is 2.44. The number of likely N-dealkylation sites (N-methyl/N-ethyl adjacent to an activating group) is 1. The minimum Gasteiger partial charge on any atom is -0.306 e. The summed E-state index contributed by atoms with van der Waals surface area (Å²) in [7, 11) is 2.13. The predicted octanol–water partition coefficient (Wildman–Crippen LogP) is 3.68. The standard InChI is InChI=1S/C18H23NO/c1-15(20)6-5-12-19(2)13-11-16-9-10-17-7-3-4-8-18(17)14-16/h3-4,7-10,14H,5-6,11-13H2,1-2H3. The second-order valence-electron chi connectivity index (χ2n) is 5.54. The maximum atomic E-state index is 10.9. The molecule has 0 aliphatic carbocycles. The van der Waals surface area contributed by atoms with Crippen LogP contribution >= 0.6 is 0 Å². The van der Waals surface area contributed by atoms with E-state index < -0.39 is 0 Å². The van der Waals surface area contributed by atoms with Crippen LogP contribution in [0.4, 0.5) is 0 Å². The van der Waals surface area contributed by atoms with Crippen molar-refractivity contribution in [1.29, 1.82) is 0 Å². The molecule has 0 unspecified atom stereocenters. The fraction of sp³-hybridized carbons (Fsp3) is 0.389. The van der Waals surface area contributed by atoms with E-state index in [9.17, 15) is 4.79 Å². The molecule has 0 amide bonds. The van der Waals surface area contributed by atoms with Gasteiger partial charge in [-0.3, -0.25) is 0 Å². The van der Waals surface area contributed by atoms with Crippen LogP contribution in [0.5, 0.6) is 0 Å². The monoisotopic (exact) mass is 269 g/mol. The van der Waals surface area contributed by atoms with Crippen LogP contribution in [-0.2, 0) is 11.2 Å². The highest BCUT2D eigenvalue weighted by Crippen LogP contribution is 2.16. The number of fused-ring (bicyclic) bond motifs is 1. The molecule has 0 aromatic heterocycles. The fourth-order valence-corrected chi connectivity index (χ4v) is 2.42. The van der Waals surface area contributed by atoms with Crippen molar-refractivity contribution in [2.75, 3.05) is 20.1 Å². The molecule has 0 aliphatic heterocycles. The first-order valence-electron chi connectivity index (χ1n) is 7.31. The molecule has 2 aromatic carbocycles. The van der Waals surface area contributed by atoms with E-state index in [-0.39, 0.29) is 5.78 Å². The Morgan fingerprint density at radius 1 is 1.05 bits per heavy atom. The summed E-state index contributed by atoms with van der Waals surface area (Å²) in [6.45, 7) is 3.69. The third kappa shape index (κ3) is 4.46. The van der Waals surface area contributed by atoms with Crippen LogP contribution in [0.1, 0.15) is 25.3 Å². The van der Waals surface area contributed by atoms with Crippen molar-refractivity contribution in [2.45, 2.75) is 26.2 Å². The van der Waals surface area contributed by atoms with Gasteiger partial charge in [0.15, 0.2) is 0 Å². The molecule has 0 aliphatic rings. The second-order valence-corrected chi connectivity index (χ2v) is 5.54. The van der Waals surface area contributed by atoms with Gasteiger partial charge in [0, 0.05) is 13.0 Å². The SMILES string of the molecule is CC(=O)CCCN(C)CCc1ccc2ccccc2c1. The Labute approximate surface area is 121 Å². The number of hydrogen-bond acceptors (Lipinski definition) is 2.